The average Bonchev–Trinajstić information content (AvgIpc) is 2.28. The van der Waals surface area contributed by atoms with Crippen LogP contribution in [0.2, 0.25) is 0 Å². The Bertz CT molecular complexity index is 219. The van der Waals surface area contributed by atoms with E-state index in [0.717, 1.165) is 32.5 Å². The summed E-state index contributed by atoms with van der Waals surface area (Å²) in [7, 11) is 0. The molecular formula is C9H14BrNO. The lowest BCUT2D eigenvalue weighted by Crippen LogP contribution is -2.43. The number of Topliss-reactive ketones (excluding diaryl/α,β-unsaturated/α-hetero) is 1. The lowest BCUT2D eigenvalue weighted by Gasteiger charge is -2.34. The van der Waals surface area contributed by atoms with E-state index in [4.69, 9.17) is 0 Å². The number of ketones is 1. The van der Waals surface area contributed by atoms with Gasteiger partial charge in [0.2, 0.25) is 0 Å². The Morgan fingerprint density at radius 2 is 2.42 bits per heavy atom. The van der Waals surface area contributed by atoms with Gasteiger partial charge in [0, 0.05) is 23.3 Å². The highest BCUT2D eigenvalue weighted by atomic mass is 79.9. The molecule has 0 spiro atoms. The fourth-order valence-electron chi connectivity index (χ4n) is 2.48. The zero-order valence-electron chi connectivity index (χ0n) is 7.35. The molecule has 2 aliphatic heterocycles. The van der Waals surface area contributed by atoms with Crippen LogP contribution in [0.1, 0.15) is 19.8 Å². The third kappa shape index (κ3) is 1.23. The molecule has 0 saturated carbocycles. The molecule has 0 aromatic heterocycles. The van der Waals surface area contributed by atoms with Gasteiger partial charge in [-0.3, -0.25) is 4.79 Å². The Kier molecular flexibility index (Phi) is 2.04. The molecule has 0 aliphatic carbocycles. The highest BCUT2D eigenvalue weighted by Crippen LogP contribution is 2.41. The number of fused-ring (bicyclic) bond motifs is 2. The van der Waals surface area contributed by atoms with E-state index in [1.54, 1.807) is 6.92 Å². The number of alkyl halides is 1. The molecule has 2 rings (SSSR count). The second kappa shape index (κ2) is 2.81. The first-order valence-electron chi connectivity index (χ1n) is 4.50. The van der Waals surface area contributed by atoms with E-state index in [1.807, 2.05) is 0 Å². The van der Waals surface area contributed by atoms with Gasteiger partial charge < -0.3 is 4.90 Å². The maximum Gasteiger partial charge on any atom is 0.137 e. The highest BCUT2D eigenvalue weighted by Gasteiger charge is 2.46. The minimum absolute atomic E-state index is 0.00637. The minimum atomic E-state index is 0.00637. The molecule has 0 N–H and O–H groups in total. The molecule has 0 radical (unpaired) electrons. The molecule has 2 aliphatic rings. The fourth-order valence-corrected chi connectivity index (χ4v) is 3.51. The van der Waals surface area contributed by atoms with Crippen LogP contribution in [0.4, 0.5) is 0 Å². The Hall–Kier alpha value is 0.110. The Labute approximate surface area is 81.4 Å². The van der Waals surface area contributed by atoms with Crippen molar-refractivity contribution < 1.29 is 4.79 Å². The number of halogens is 1. The predicted molar refractivity (Wildman–Crippen MR) is 51.5 cm³/mol. The van der Waals surface area contributed by atoms with Crippen molar-refractivity contribution in [2.24, 2.45) is 5.41 Å². The maximum absolute atomic E-state index is 11.5. The van der Waals surface area contributed by atoms with Crippen LogP contribution in [0.25, 0.3) is 0 Å². The van der Waals surface area contributed by atoms with Crippen molar-refractivity contribution >= 4 is 21.7 Å². The van der Waals surface area contributed by atoms with E-state index in [1.165, 1.54) is 0 Å². The zero-order chi connectivity index (χ0) is 8.77. The quantitative estimate of drug-likeness (QED) is 0.637. The van der Waals surface area contributed by atoms with Crippen LogP contribution in [0, 0.1) is 5.41 Å². The molecule has 2 bridgehead atoms. The first kappa shape index (κ1) is 8.70. The van der Waals surface area contributed by atoms with Crippen LogP contribution in [0.5, 0.6) is 0 Å². The summed E-state index contributed by atoms with van der Waals surface area (Å²) >= 11 is 3.62. The molecule has 0 aromatic carbocycles. The number of carbonyl (C=O) groups is 1. The summed E-state index contributed by atoms with van der Waals surface area (Å²) in [4.78, 5) is 14.4. The molecule has 2 saturated heterocycles. The maximum atomic E-state index is 11.5. The zero-order valence-corrected chi connectivity index (χ0v) is 8.93. The second-order valence-electron chi connectivity index (χ2n) is 4.12. The average molecular weight is 232 g/mol. The van der Waals surface area contributed by atoms with Gasteiger partial charge in [0.15, 0.2) is 0 Å². The van der Waals surface area contributed by atoms with Gasteiger partial charge in [0.25, 0.3) is 0 Å². The predicted octanol–water partition coefficient (Wildman–Crippen LogP) is 1.43. The van der Waals surface area contributed by atoms with Crippen LogP contribution in [0.15, 0.2) is 0 Å². The van der Waals surface area contributed by atoms with Crippen molar-refractivity contribution in [1.29, 1.82) is 0 Å². The normalized spacial score (nSPS) is 46.2. The summed E-state index contributed by atoms with van der Waals surface area (Å²) in [6.45, 7) is 4.98. The van der Waals surface area contributed by atoms with Crippen LogP contribution in [-0.2, 0) is 4.79 Å². The summed E-state index contributed by atoms with van der Waals surface area (Å²) in [5, 5.41) is 0. The summed E-state index contributed by atoms with van der Waals surface area (Å²) in [6.07, 6.45) is 2.11. The molecule has 2 nitrogen and oxygen atoms in total. The summed E-state index contributed by atoms with van der Waals surface area (Å²) in [6, 6.07) is 0. The second-order valence-corrected chi connectivity index (χ2v) is 5.42. The van der Waals surface area contributed by atoms with Crippen LogP contribution in [-0.4, -0.2) is 35.1 Å². The van der Waals surface area contributed by atoms with Crippen molar-refractivity contribution in [3.05, 3.63) is 0 Å². The van der Waals surface area contributed by atoms with Gasteiger partial charge in [0.1, 0.15) is 5.78 Å². The fraction of sp³-hybridized carbons (Fsp3) is 0.889. The SMILES string of the molecule is CC(=O)C12CCN(CC(Br)C1)C2. The largest absolute Gasteiger partial charge is 0.301 e. The molecular weight excluding hydrogens is 218 g/mol. The van der Waals surface area contributed by atoms with Gasteiger partial charge in [-0.1, -0.05) is 15.9 Å². The Morgan fingerprint density at radius 3 is 3.08 bits per heavy atom. The Morgan fingerprint density at radius 1 is 1.67 bits per heavy atom. The van der Waals surface area contributed by atoms with Gasteiger partial charge in [-0.05, 0) is 26.3 Å². The van der Waals surface area contributed by atoms with E-state index in [9.17, 15) is 4.79 Å². The standard InChI is InChI=1S/C9H14BrNO/c1-7(12)9-2-3-11(6-9)5-8(10)4-9/h8H,2-6H2,1H3. The Balaban J connectivity index is 2.21. The van der Waals surface area contributed by atoms with Crippen LogP contribution in [0.3, 0.4) is 0 Å². The van der Waals surface area contributed by atoms with Gasteiger partial charge in [-0.2, -0.15) is 0 Å². The molecule has 2 heterocycles. The molecule has 0 aromatic rings. The van der Waals surface area contributed by atoms with E-state index in [0.29, 0.717) is 10.6 Å². The molecule has 68 valence electrons. The van der Waals surface area contributed by atoms with Crippen molar-refractivity contribution in [2.75, 3.05) is 19.6 Å². The van der Waals surface area contributed by atoms with E-state index < -0.39 is 0 Å². The van der Waals surface area contributed by atoms with Crippen LogP contribution < -0.4 is 0 Å². The van der Waals surface area contributed by atoms with Crippen LogP contribution >= 0.6 is 15.9 Å². The van der Waals surface area contributed by atoms with Crippen molar-refractivity contribution in [2.45, 2.75) is 24.6 Å². The lowest BCUT2D eigenvalue weighted by molar-refractivity contribution is -0.126. The number of hydrogen-bond donors (Lipinski definition) is 0. The lowest BCUT2D eigenvalue weighted by atomic mass is 9.78. The summed E-state index contributed by atoms with van der Waals surface area (Å²) in [5.74, 6) is 0.383. The van der Waals surface area contributed by atoms with E-state index >= 15 is 0 Å². The number of hydrogen-bond acceptors (Lipinski definition) is 2. The smallest absolute Gasteiger partial charge is 0.137 e. The monoisotopic (exact) mass is 231 g/mol. The number of rotatable bonds is 1. The topological polar surface area (TPSA) is 20.3 Å². The van der Waals surface area contributed by atoms with Gasteiger partial charge in [0.05, 0.1) is 0 Å². The van der Waals surface area contributed by atoms with E-state index in [2.05, 4.69) is 20.8 Å². The van der Waals surface area contributed by atoms with E-state index in [-0.39, 0.29) is 5.41 Å². The molecule has 12 heavy (non-hydrogen) atoms. The molecule has 2 fully saturated rings. The highest BCUT2D eigenvalue weighted by molar-refractivity contribution is 9.09. The van der Waals surface area contributed by atoms with Crippen molar-refractivity contribution in [3.8, 4) is 0 Å². The van der Waals surface area contributed by atoms with Crippen molar-refractivity contribution in [1.82, 2.24) is 4.90 Å². The molecule has 0 amide bonds. The molecule has 3 heteroatoms. The first-order chi connectivity index (χ1) is 5.62. The van der Waals surface area contributed by atoms with Crippen molar-refractivity contribution in [3.63, 3.8) is 0 Å². The van der Waals surface area contributed by atoms with Gasteiger partial charge in [-0.25, -0.2) is 0 Å². The summed E-state index contributed by atoms with van der Waals surface area (Å²) < 4.78 is 0. The first-order valence-corrected chi connectivity index (χ1v) is 5.41. The number of piperidine rings is 1. The summed E-state index contributed by atoms with van der Waals surface area (Å²) in [5.41, 5.74) is 0.00637. The van der Waals surface area contributed by atoms with Gasteiger partial charge >= 0.3 is 0 Å². The van der Waals surface area contributed by atoms with Gasteiger partial charge in [-0.15, -0.1) is 0 Å². The minimum Gasteiger partial charge on any atom is -0.301 e. The number of carbonyl (C=O) groups excluding carboxylic acids is 1. The molecule has 3 atom stereocenters. The third-order valence-corrected chi connectivity index (χ3v) is 3.86. The molecule has 3 unspecified atom stereocenters. The third-order valence-electron chi connectivity index (χ3n) is 3.25. The number of nitrogens with zero attached hydrogens (tertiary/aromatic N) is 1.